The summed E-state index contributed by atoms with van der Waals surface area (Å²) >= 11 is 0. The van der Waals surface area contributed by atoms with Gasteiger partial charge in [0.25, 0.3) is 0 Å². The van der Waals surface area contributed by atoms with Crippen molar-refractivity contribution in [2.24, 2.45) is 5.10 Å². The molecule has 1 aromatic carbocycles. The van der Waals surface area contributed by atoms with E-state index in [1.807, 2.05) is 0 Å². The van der Waals surface area contributed by atoms with Crippen LogP contribution in [-0.2, 0) is 9.53 Å². The minimum absolute atomic E-state index is 0.0123. The first-order valence-corrected chi connectivity index (χ1v) is 7.79. The van der Waals surface area contributed by atoms with Crippen molar-refractivity contribution in [2.75, 3.05) is 38.4 Å². The van der Waals surface area contributed by atoms with Crippen LogP contribution in [0.3, 0.4) is 0 Å². The first-order valence-electron chi connectivity index (χ1n) is 7.79. The maximum Gasteiger partial charge on any atom is 0.422 e. The second-order valence-corrected chi connectivity index (χ2v) is 5.56. The molecule has 1 aromatic rings. The Balaban J connectivity index is 2.34. The molecule has 0 saturated carbocycles. The van der Waals surface area contributed by atoms with E-state index in [-0.39, 0.29) is 23.7 Å². The molecule has 11 heteroatoms. The number of halogens is 4. The number of carbonyl (C=O) groups is 1. The highest BCUT2D eigenvalue weighted by Gasteiger charge is 2.29. The summed E-state index contributed by atoms with van der Waals surface area (Å²) in [6.07, 6.45) is -3.45. The Morgan fingerprint density at radius 2 is 2.22 bits per heavy atom. The van der Waals surface area contributed by atoms with Gasteiger partial charge in [-0.1, -0.05) is 0 Å². The number of rotatable bonds is 5. The van der Waals surface area contributed by atoms with Crippen LogP contribution in [0.4, 0.5) is 23.2 Å². The molecule has 1 aliphatic rings. The first kappa shape index (κ1) is 20.4. The van der Waals surface area contributed by atoms with Gasteiger partial charge >= 0.3 is 6.18 Å². The standard InChI is InChI=1S/C16H16F4N4O3/c1-23(22-15-8-26-4-2-3-24(15)10-25)13-6-14(27-9-16(18,19)20)11(7-21)5-12(13)17/h5-6,10H,2-4,8-9H2,1H3/b22-15-. The second kappa shape index (κ2) is 8.68. The maximum atomic E-state index is 14.3. The van der Waals surface area contributed by atoms with Gasteiger partial charge in [-0.2, -0.15) is 23.5 Å². The molecule has 0 aliphatic carbocycles. The van der Waals surface area contributed by atoms with Gasteiger partial charge < -0.3 is 9.47 Å². The minimum atomic E-state index is -4.62. The number of amides is 1. The minimum Gasteiger partial charge on any atom is -0.483 e. The molecule has 0 spiro atoms. The molecule has 0 atom stereocenters. The van der Waals surface area contributed by atoms with Crippen molar-refractivity contribution < 1.29 is 31.8 Å². The monoisotopic (exact) mass is 388 g/mol. The summed E-state index contributed by atoms with van der Waals surface area (Å²) in [5.41, 5.74) is -0.609. The molecular weight excluding hydrogens is 372 g/mol. The summed E-state index contributed by atoms with van der Waals surface area (Å²) in [6, 6.07) is 3.30. The largest absolute Gasteiger partial charge is 0.483 e. The first-order chi connectivity index (χ1) is 12.7. The van der Waals surface area contributed by atoms with Crippen LogP contribution in [0, 0.1) is 17.1 Å². The lowest BCUT2D eigenvalue weighted by Crippen LogP contribution is -2.33. The molecule has 7 nitrogen and oxygen atoms in total. The van der Waals surface area contributed by atoms with Crippen molar-refractivity contribution in [1.29, 1.82) is 5.26 Å². The molecule has 1 saturated heterocycles. The number of nitriles is 1. The fraction of sp³-hybridized carbons (Fsp3) is 0.438. The van der Waals surface area contributed by atoms with Crippen molar-refractivity contribution in [1.82, 2.24) is 4.90 Å². The van der Waals surface area contributed by atoms with E-state index in [4.69, 9.17) is 10.00 Å². The van der Waals surface area contributed by atoms with Gasteiger partial charge in [0, 0.05) is 26.3 Å². The van der Waals surface area contributed by atoms with Gasteiger partial charge in [-0.05, 0) is 12.5 Å². The summed E-state index contributed by atoms with van der Waals surface area (Å²) in [5, 5.41) is 14.1. The van der Waals surface area contributed by atoms with Crippen LogP contribution in [-0.4, -0.2) is 56.7 Å². The van der Waals surface area contributed by atoms with Crippen LogP contribution >= 0.6 is 0 Å². The molecule has 2 rings (SSSR count). The van der Waals surface area contributed by atoms with E-state index >= 15 is 0 Å². The molecule has 0 unspecified atom stereocenters. The van der Waals surface area contributed by atoms with Crippen LogP contribution in [0.2, 0.25) is 0 Å². The van der Waals surface area contributed by atoms with Gasteiger partial charge in [0.2, 0.25) is 6.41 Å². The second-order valence-electron chi connectivity index (χ2n) is 5.56. The van der Waals surface area contributed by atoms with E-state index in [9.17, 15) is 22.4 Å². The Morgan fingerprint density at radius 3 is 2.85 bits per heavy atom. The topological polar surface area (TPSA) is 78.2 Å². The Kier molecular flexibility index (Phi) is 6.57. The van der Waals surface area contributed by atoms with Gasteiger partial charge in [-0.25, -0.2) is 4.39 Å². The van der Waals surface area contributed by atoms with Gasteiger partial charge in [0.15, 0.2) is 12.4 Å². The fourth-order valence-electron chi connectivity index (χ4n) is 2.30. The summed E-state index contributed by atoms with van der Waals surface area (Å²) < 4.78 is 61.3. The zero-order chi connectivity index (χ0) is 20.0. The van der Waals surface area contributed by atoms with Crippen LogP contribution < -0.4 is 9.75 Å². The number of nitrogens with zero attached hydrogens (tertiary/aromatic N) is 4. The molecule has 1 amide bonds. The number of hydrazone groups is 1. The quantitative estimate of drug-likeness (QED) is 0.439. The number of anilines is 1. The molecular formula is C16H16F4N4O3. The Bertz CT molecular complexity index is 761. The summed E-state index contributed by atoms with van der Waals surface area (Å²) in [7, 11) is 1.35. The molecule has 0 radical (unpaired) electrons. The highest BCUT2D eigenvalue weighted by molar-refractivity contribution is 5.92. The SMILES string of the molecule is CN(/N=C1/COCCCN1C=O)c1cc(OCC(F)(F)F)c(C#N)cc1F. The molecule has 146 valence electrons. The predicted octanol–water partition coefficient (Wildman–Crippen LogP) is 2.27. The Hall–Kier alpha value is -2.87. The lowest BCUT2D eigenvalue weighted by atomic mass is 10.2. The Morgan fingerprint density at radius 1 is 1.48 bits per heavy atom. The van der Waals surface area contributed by atoms with Crippen molar-refractivity contribution in [2.45, 2.75) is 12.6 Å². The van der Waals surface area contributed by atoms with Crippen molar-refractivity contribution in [3.8, 4) is 11.8 Å². The van der Waals surface area contributed by atoms with Crippen molar-refractivity contribution in [3.63, 3.8) is 0 Å². The van der Waals surface area contributed by atoms with Gasteiger partial charge in [-0.15, -0.1) is 0 Å². The number of amidine groups is 1. The predicted molar refractivity (Wildman–Crippen MR) is 86.7 cm³/mol. The van der Waals surface area contributed by atoms with Crippen LogP contribution in [0.1, 0.15) is 12.0 Å². The van der Waals surface area contributed by atoms with Crippen LogP contribution in [0.15, 0.2) is 17.2 Å². The number of ether oxygens (including phenoxy) is 2. The third-order valence-corrected chi connectivity index (χ3v) is 3.55. The molecule has 27 heavy (non-hydrogen) atoms. The zero-order valence-corrected chi connectivity index (χ0v) is 14.3. The van der Waals surface area contributed by atoms with Crippen LogP contribution in [0.25, 0.3) is 0 Å². The molecule has 0 bridgehead atoms. The molecule has 1 fully saturated rings. The number of carbonyl (C=O) groups excluding carboxylic acids is 1. The van der Waals surface area contributed by atoms with E-state index in [0.717, 1.165) is 17.1 Å². The maximum absolute atomic E-state index is 14.3. The fourth-order valence-corrected chi connectivity index (χ4v) is 2.30. The zero-order valence-electron chi connectivity index (χ0n) is 14.3. The lowest BCUT2D eigenvalue weighted by Gasteiger charge is -2.21. The third-order valence-electron chi connectivity index (χ3n) is 3.55. The summed E-state index contributed by atoms with van der Waals surface area (Å²) in [4.78, 5) is 12.5. The van der Waals surface area contributed by atoms with E-state index in [2.05, 4.69) is 9.84 Å². The number of hydrogen-bond acceptors (Lipinski definition) is 6. The normalized spacial score (nSPS) is 16.6. The molecule has 1 heterocycles. The van der Waals surface area contributed by atoms with E-state index < -0.39 is 24.3 Å². The van der Waals surface area contributed by atoms with Gasteiger partial charge in [0.05, 0.1) is 11.3 Å². The van der Waals surface area contributed by atoms with Crippen molar-refractivity contribution >= 4 is 17.9 Å². The average molecular weight is 388 g/mol. The lowest BCUT2D eigenvalue weighted by molar-refractivity contribution is -0.153. The number of alkyl halides is 3. The summed E-state index contributed by atoms with van der Waals surface area (Å²) in [6.45, 7) is -0.824. The van der Waals surface area contributed by atoms with E-state index in [0.29, 0.717) is 26.0 Å². The van der Waals surface area contributed by atoms with Crippen molar-refractivity contribution in [3.05, 3.63) is 23.5 Å². The van der Waals surface area contributed by atoms with E-state index in [1.165, 1.54) is 11.9 Å². The molecule has 1 aliphatic heterocycles. The van der Waals surface area contributed by atoms with Gasteiger partial charge in [-0.3, -0.25) is 14.7 Å². The molecule has 0 N–H and O–H groups in total. The number of hydrogen-bond donors (Lipinski definition) is 0. The summed E-state index contributed by atoms with van der Waals surface area (Å²) in [5.74, 6) is -1.10. The highest BCUT2D eigenvalue weighted by Crippen LogP contribution is 2.30. The van der Waals surface area contributed by atoms with E-state index in [1.54, 1.807) is 6.07 Å². The molecule has 0 aromatic heterocycles. The third kappa shape index (κ3) is 5.55. The number of benzene rings is 1. The smallest absolute Gasteiger partial charge is 0.422 e. The highest BCUT2D eigenvalue weighted by atomic mass is 19.4. The van der Waals surface area contributed by atoms with Crippen LogP contribution in [0.5, 0.6) is 5.75 Å². The Labute approximate surface area is 152 Å². The average Bonchev–Trinajstić information content (AvgIpc) is 2.84. The van der Waals surface area contributed by atoms with Gasteiger partial charge in [0.1, 0.15) is 24.2 Å².